The highest BCUT2D eigenvalue weighted by Crippen LogP contribution is 2.33. The molecule has 9 heteroatoms. The van der Waals surface area contributed by atoms with Gasteiger partial charge in [-0.15, -0.1) is 0 Å². The summed E-state index contributed by atoms with van der Waals surface area (Å²) in [4.78, 5) is 27.7. The van der Waals surface area contributed by atoms with Crippen LogP contribution in [0.1, 0.15) is 13.8 Å². The predicted molar refractivity (Wildman–Crippen MR) is 109 cm³/mol. The second-order valence-corrected chi connectivity index (χ2v) is 7.74. The zero-order valence-electron chi connectivity index (χ0n) is 16.8. The zero-order chi connectivity index (χ0) is 22.8. The van der Waals surface area contributed by atoms with Crippen molar-refractivity contribution in [3.8, 4) is 11.8 Å². The van der Waals surface area contributed by atoms with Gasteiger partial charge in [0.2, 0.25) is 5.60 Å². The Hall–Kier alpha value is -3.93. The maximum atomic E-state index is 14.0. The Morgan fingerprint density at radius 3 is 2.74 bits per heavy atom. The quantitative estimate of drug-likeness (QED) is 0.641. The van der Waals surface area contributed by atoms with Crippen LogP contribution in [0.2, 0.25) is 0 Å². The number of aliphatic carboxylic acids is 1. The molecule has 1 unspecified atom stereocenters. The normalized spacial score (nSPS) is 20.2. The number of carboxylic acid groups (broad SMARTS) is 1. The van der Waals surface area contributed by atoms with Crippen molar-refractivity contribution < 1.29 is 28.9 Å². The third-order valence-corrected chi connectivity index (χ3v) is 4.89. The molecule has 3 N–H and O–H groups in total. The van der Waals surface area contributed by atoms with Crippen LogP contribution in [0.5, 0.6) is 5.75 Å². The molecular weight excluding hydrogens is 405 g/mol. The summed E-state index contributed by atoms with van der Waals surface area (Å²) in [6, 6.07) is 7.65. The van der Waals surface area contributed by atoms with Crippen LogP contribution in [0.25, 0.3) is 0 Å². The van der Waals surface area contributed by atoms with E-state index in [4.69, 9.17) is 9.84 Å². The first kappa shape index (κ1) is 21.8. The van der Waals surface area contributed by atoms with Crippen LogP contribution in [0.15, 0.2) is 64.4 Å². The number of rotatable bonds is 6. The maximum Gasteiger partial charge on any atom is 0.310 e. The van der Waals surface area contributed by atoms with Crippen molar-refractivity contribution in [3.05, 3.63) is 65.2 Å². The van der Waals surface area contributed by atoms with E-state index in [9.17, 15) is 24.3 Å². The minimum absolute atomic E-state index is 0.0289. The van der Waals surface area contributed by atoms with Crippen molar-refractivity contribution in [3.63, 3.8) is 0 Å². The number of allylic oxidation sites excluding steroid dienone is 1. The van der Waals surface area contributed by atoms with Crippen molar-refractivity contribution in [2.24, 2.45) is 10.4 Å². The average molecular weight is 425 g/mol. The summed E-state index contributed by atoms with van der Waals surface area (Å²) in [6.07, 6.45) is 4.18. The lowest BCUT2D eigenvalue weighted by Gasteiger charge is -2.28. The molecule has 1 aromatic carbocycles. The summed E-state index contributed by atoms with van der Waals surface area (Å²) < 4.78 is 19.6. The molecule has 1 aliphatic carbocycles. The lowest BCUT2D eigenvalue weighted by Crippen LogP contribution is -2.43. The number of aliphatic hydroxyl groups is 1. The van der Waals surface area contributed by atoms with Crippen LogP contribution in [0.3, 0.4) is 0 Å². The number of dihydropyridines is 1. The number of aliphatic hydroxyl groups excluding tert-OH is 1. The molecule has 8 nitrogen and oxygen atoms in total. The molecule has 1 atom stereocenters. The number of nitrogens with one attached hydrogen (secondary N) is 1. The first-order valence-corrected chi connectivity index (χ1v) is 9.34. The number of para-hydroxylation sites is 1. The molecule has 160 valence electrons. The second-order valence-electron chi connectivity index (χ2n) is 7.74. The Labute approximate surface area is 177 Å². The summed E-state index contributed by atoms with van der Waals surface area (Å²) in [7, 11) is 0. The average Bonchev–Trinajstić information content (AvgIpc) is 2.74. The highest BCUT2D eigenvalue weighted by molar-refractivity contribution is 6.45. The highest BCUT2D eigenvalue weighted by atomic mass is 19.1. The molecule has 1 aromatic rings. The molecule has 0 saturated heterocycles. The molecule has 3 rings (SSSR count). The summed E-state index contributed by atoms with van der Waals surface area (Å²) in [5.41, 5.74) is -2.33. The van der Waals surface area contributed by atoms with E-state index >= 15 is 0 Å². The van der Waals surface area contributed by atoms with E-state index in [1.807, 2.05) is 6.07 Å². The Morgan fingerprint density at radius 2 is 2.10 bits per heavy atom. The van der Waals surface area contributed by atoms with E-state index in [-0.39, 0.29) is 30.1 Å². The van der Waals surface area contributed by atoms with Gasteiger partial charge in [-0.25, -0.2) is 4.39 Å². The number of nitrogens with zero attached hydrogens (tertiary/aromatic N) is 2. The number of carbonyl (C=O) groups excluding carboxylic acids is 1. The van der Waals surface area contributed by atoms with E-state index in [0.717, 1.165) is 0 Å². The Morgan fingerprint density at radius 1 is 1.39 bits per heavy atom. The number of carboxylic acids is 1. The number of halogens is 1. The molecule has 1 aliphatic heterocycles. The molecule has 31 heavy (non-hydrogen) atoms. The molecule has 0 bridgehead atoms. The molecule has 0 fully saturated rings. The number of hydrogen-bond donors (Lipinski definition) is 3. The SMILES string of the molecule is CC(C)(CNC(=O)C1=NCC2=CC(C#N)(Oc3ccccc3F)C=CC2=C1O)C(=O)O. The van der Waals surface area contributed by atoms with Crippen LogP contribution in [-0.4, -0.2) is 46.5 Å². The minimum atomic E-state index is -1.61. The number of benzene rings is 1. The number of amides is 1. The second kappa shape index (κ2) is 8.07. The molecule has 2 aliphatic rings. The van der Waals surface area contributed by atoms with E-state index in [1.54, 1.807) is 6.07 Å². The summed E-state index contributed by atoms with van der Waals surface area (Å²) in [6.45, 7) is 2.73. The van der Waals surface area contributed by atoms with Crippen molar-refractivity contribution in [2.75, 3.05) is 13.1 Å². The number of carbonyl (C=O) groups is 2. The summed E-state index contributed by atoms with van der Waals surface area (Å²) >= 11 is 0. The maximum absolute atomic E-state index is 14.0. The molecule has 1 amide bonds. The smallest absolute Gasteiger partial charge is 0.310 e. The van der Waals surface area contributed by atoms with Crippen LogP contribution in [-0.2, 0) is 9.59 Å². The fourth-order valence-corrected chi connectivity index (χ4v) is 2.93. The predicted octanol–water partition coefficient (Wildman–Crippen LogP) is 2.46. The Bertz CT molecular complexity index is 1110. The van der Waals surface area contributed by atoms with Gasteiger partial charge in [0.25, 0.3) is 5.91 Å². The lowest BCUT2D eigenvalue weighted by atomic mass is 9.87. The third-order valence-electron chi connectivity index (χ3n) is 4.89. The molecule has 0 saturated carbocycles. The van der Waals surface area contributed by atoms with Gasteiger partial charge in [-0.2, -0.15) is 5.26 Å². The third kappa shape index (κ3) is 4.33. The van der Waals surface area contributed by atoms with Gasteiger partial charge in [0.1, 0.15) is 6.07 Å². The Kier molecular flexibility index (Phi) is 5.66. The van der Waals surface area contributed by atoms with Gasteiger partial charge >= 0.3 is 5.97 Å². The number of hydrogen-bond acceptors (Lipinski definition) is 6. The van der Waals surface area contributed by atoms with Crippen molar-refractivity contribution in [1.82, 2.24) is 5.32 Å². The van der Waals surface area contributed by atoms with Gasteiger partial charge in [0, 0.05) is 12.1 Å². The van der Waals surface area contributed by atoms with Crippen molar-refractivity contribution in [1.29, 1.82) is 5.26 Å². The first-order chi connectivity index (χ1) is 14.6. The number of aliphatic imine (C=N–C) groups is 1. The molecule has 1 heterocycles. The fourth-order valence-electron chi connectivity index (χ4n) is 2.93. The minimum Gasteiger partial charge on any atom is -0.505 e. The van der Waals surface area contributed by atoms with E-state index in [2.05, 4.69) is 10.3 Å². The number of nitriles is 1. The Balaban J connectivity index is 1.82. The fraction of sp³-hybridized carbons (Fsp3) is 0.273. The number of fused-ring (bicyclic) bond motifs is 1. The molecule has 0 spiro atoms. The summed E-state index contributed by atoms with van der Waals surface area (Å²) in [5, 5.41) is 31.8. The standard InChI is InChI=1S/C22H20FN3O5/c1-21(2,20(29)30)12-26-19(28)17-18(27)14-7-8-22(11-24,9-13(14)10-25-17)31-16-6-4-3-5-15(16)23/h3-9,27H,10,12H2,1-2H3,(H,26,28)(H,29,30). The van der Waals surface area contributed by atoms with E-state index in [1.165, 1.54) is 50.3 Å². The van der Waals surface area contributed by atoms with Gasteiger partial charge in [-0.05, 0) is 49.8 Å². The number of ether oxygens (including phenoxy) is 1. The van der Waals surface area contributed by atoms with Gasteiger partial charge in [-0.3, -0.25) is 14.6 Å². The molecular formula is C22H20FN3O5. The van der Waals surface area contributed by atoms with Crippen LogP contribution >= 0.6 is 0 Å². The zero-order valence-corrected chi connectivity index (χ0v) is 16.8. The van der Waals surface area contributed by atoms with Crippen molar-refractivity contribution in [2.45, 2.75) is 19.4 Å². The highest BCUT2D eigenvalue weighted by Gasteiger charge is 2.36. The van der Waals surface area contributed by atoms with Crippen LogP contribution in [0, 0.1) is 22.6 Å². The van der Waals surface area contributed by atoms with Gasteiger partial charge in [-0.1, -0.05) is 12.1 Å². The van der Waals surface area contributed by atoms with Gasteiger partial charge in [0.15, 0.2) is 23.0 Å². The van der Waals surface area contributed by atoms with Crippen LogP contribution in [0.4, 0.5) is 4.39 Å². The van der Waals surface area contributed by atoms with Crippen LogP contribution < -0.4 is 10.1 Å². The molecule has 0 radical (unpaired) electrons. The van der Waals surface area contributed by atoms with Gasteiger partial charge in [0.05, 0.1) is 12.0 Å². The van der Waals surface area contributed by atoms with E-state index < -0.39 is 34.5 Å². The van der Waals surface area contributed by atoms with Crippen molar-refractivity contribution >= 4 is 17.6 Å². The lowest BCUT2D eigenvalue weighted by molar-refractivity contribution is -0.146. The molecule has 0 aromatic heterocycles. The first-order valence-electron chi connectivity index (χ1n) is 9.34. The van der Waals surface area contributed by atoms with E-state index in [0.29, 0.717) is 5.57 Å². The summed E-state index contributed by atoms with van der Waals surface area (Å²) in [5.74, 6) is -2.94. The largest absolute Gasteiger partial charge is 0.505 e. The topological polar surface area (TPSA) is 132 Å². The monoisotopic (exact) mass is 425 g/mol. The van der Waals surface area contributed by atoms with Gasteiger partial charge < -0.3 is 20.3 Å².